The second-order valence-electron chi connectivity index (χ2n) is 2.78. The molecule has 0 spiro atoms. The highest BCUT2D eigenvalue weighted by atomic mass is 19.1. The van der Waals surface area contributed by atoms with E-state index in [0.29, 0.717) is 6.29 Å². The maximum atomic E-state index is 13.0. The number of ketones is 1. The van der Waals surface area contributed by atoms with Crippen molar-refractivity contribution in [2.45, 2.75) is 13.3 Å². The van der Waals surface area contributed by atoms with Gasteiger partial charge in [0.1, 0.15) is 12.1 Å². The van der Waals surface area contributed by atoms with Crippen LogP contribution in [0.5, 0.6) is 0 Å². The number of carbonyl (C=O) groups excluding carboxylic acids is 2. The van der Waals surface area contributed by atoms with Gasteiger partial charge in [-0.25, -0.2) is 4.39 Å². The maximum absolute atomic E-state index is 13.0. The van der Waals surface area contributed by atoms with Crippen molar-refractivity contribution in [3.8, 4) is 0 Å². The minimum atomic E-state index is -0.572. The van der Waals surface area contributed by atoms with E-state index in [9.17, 15) is 14.0 Å². The summed E-state index contributed by atoms with van der Waals surface area (Å²) in [6, 6.07) is 4.25. The van der Waals surface area contributed by atoms with Crippen molar-refractivity contribution in [2.24, 2.45) is 0 Å². The van der Waals surface area contributed by atoms with Crippen LogP contribution in [0.25, 0.3) is 0 Å². The summed E-state index contributed by atoms with van der Waals surface area (Å²) in [5, 5.41) is 0. The Morgan fingerprint density at radius 2 is 2.23 bits per heavy atom. The van der Waals surface area contributed by atoms with Crippen LogP contribution in [0, 0.1) is 12.7 Å². The molecule has 2 nitrogen and oxygen atoms in total. The average molecular weight is 180 g/mol. The highest BCUT2D eigenvalue weighted by Crippen LogP contribution is 2.11. The smallest absolute Gasteiger partial charge is 0.172 e. The van der Waals surface area contributed by atoms with Gasteiger partial charge in [0.05, 0.1) is 12.0 Å². The lowest BCUT2D eigenvalue weighted by Crippen LogP contribution is -2.03. The first-order valence-corrected chi connectivity index (χ1v) is 3.88. The summed E-state index contributed by atoms with van der Waals surface area (Å²) in [7, 11) is 0. The molecule has 0 fully saturated rings. The number of benzene rings is 1. The molecule has 68 valence electrons. The van der Waals surface area contributed by atoms with Gasteiger partial charge in [0.25, 0.3) is 0 Å². The summed E-state index contributed by atoms with van der Waals surface area (Å²) >= 11 is 0. The lowest BCUT2D eigenvalue weighted by Gasteiger charge is -2.00. The van der Waals surface area contributed by atoms with E-state index in [1.54, 1.807) is 13.0 Å². The zero-order valence-electron chi connectivity index (χ0n) is 7.21. The summed E-state index contributed by atoms with van der Waals surface area (Å²) in [6.07, 6.45) is 0.213. The van der Waals surface area contributed by atoms with Crippen LogP contribution < -0.4 is 0 Å². The number of hydrogen-bond donors (Lipinski definition) is 0. The van der Waals surface area contributed by atoms with Crippen molar-refractivity contribution in [3.05, 3.63) is 35.1 Å². The zero-order chi connectivity index (χ0) is 9.84. The third-order valence-corrected chi connectivity index (χ3v) is 1.69. The molecule has 0 N–H and O–H groups in total. The van der Waals surface area contributed by atoms with E-state index in [1.165, 1.54) is 12.1 Å². The second kappa shape index (κ2) is 3.94. The van der Waals surface area contributed by atoms with Gasteiger partial charge in [-0.2, -0.15) is 0 Å². The highest BCUT2D eigenvalue weighted by Gasteiger charge is 2.10. The van der Waals surface area contributed by atoms with E-state index in [-0.39, 0.29) is 12.0 Å². The second-order valence-corrected chi connectivity index (χ2v) is 2.78. The molecule has 0 amide bonds. The standard InChI is InChI=1S/C10H9FO2/c1-7-2-3-9(11)8(6-7)10(13)4-5-12/h2-3,5-6H,4H2,1H3. The Balaban J connectivity index is 3.05. The van der Waals surface area contributed by atoms with Crippen LogP contribution in [0.4, 0.5) is 4.39 Å². The lowest BCUT2D eigenvalue weighted by atomic mass is 10.1. The average Bonchev–Trinajstić information content (AvgIpc) is 2.09. The van der Waals surface area contributed by atoms with Gasteiger partial charge in [-0.3, -0.25) is 4.79 Å². The molecule has 0 aromatic heterocycles. The number of halogens is 1. The molecule has 1 aromatic carbocycles. The molecule has 0 unspecified atom stereocenters. The summed E-state index contributed by atoms with van der Waals surface area (Å²) < 4.78 is 13.0. The molecule has 3 heteroatoms. The number of rotatable bonds is 3. The van der Waals surface area contributed by atoms with Crippen molar-refractivity contribution in [3.63, 3.8) is 0 Å². The lowest BCUT2D eigenvalue weighted by molar-refractivity contribution is -0.107. The molecule has 0 aliphatic carbocycles. The van der Waals surface area contributed by atoms with Crippen LogP contribution in [0.1, 0.15) is 22.3 Å². The van der Waals surface area contributed by atoms with Gasteiger partial charge in [-0.15, -0.1) is 0 Å². The van der Waals surface area contributed by atoms with Crippen molar-refractivity contribution in [1.29, 1.82) is 0 Å². The van der Waals surface area contributed by atoms with E-state index in [4.69, 9.17) is 0 Å². The van der Waals surface area contributed by atoms with Gasteiger partial charge < -0.3 is 4.79 Å². The van der Waals surface area contributed by atoms with Crippen LogP contribution in [0.15, 0.2) is 18.2 Å². The molecular weight excluding hydrogens is 171 g/mol. The predicted octanol–water partition coefficient (Wildman–Crippen LogP) is 1.91. The summed E-state index contributed by atoms with van der Waals surface area (Å²) in [4.78, 5) is 21.2. The Morgan fingerprint density at radius 3 is 2.85 bits per heavy atom. The Morgan fingerprint density at radius 1 is 1.54 bits per heavy atom. The van der Waals surface area contributed by atoms with Crippen LogP contribution in [0.3, 0.4) is 0 Å². The third-order valence-electron chi connectivity index (χ3n) is 1.69. The van der Waals surface area contributed by atoms with Crippen molar-refractivity contribution < 1.29 is 14.0 Å². The summed E-state index contributed by atoms with van der Waals surface area (Å²) in [5.74, 6) is -1.05. The van der Waals surface area contributed by atoms with E-state index >= 15 is 0 Å². The number of aryl methyl sites for hydroxylation is 1. The first-order chi connectivity index (χ1) is 6.15. The van der Waals surface area contributed by atoms with Gasteiger partial charge in [0.2, 0.25) is 0 Å². The number of carbonyl (C=O) groups is 2. The normalized spacial score (nSPS) is 9.69. The van der Waals surface area contributed by atoms with Gasteiger partial charge >= 0.3 is 0 Å². The highest BCUT2D eigenvalue weighted by molar-refractivity contribution is 6.02. The topological polar surface area (TPSA) is 34.1 Å². The Labute approximate surface area is 75.4 Å². The number of aldehydes is 1. The van der Waals surface area contributed by atoms with Gasteiger partial charge in [0.15, 0.2) is 5.78 Å². The van der Waals surface area contributed by atoms with Crippen molar-refractivity contribution in [2.75, 3.05) is 0 Å². The molecular formula is C10H9FO2. The molecule has 0 aliphatic heterocycles. The van der Waals surface area contributed by atoms with Crippen molar-refractivity contribution >= 4 is 12.1 Å². The minimum Gasteiger partial charge on any atom is -0.303 e. The maximum Gasteiger partial charge on any atom is 0.172 e. The number of Topliss-reactive ketones (excluding diaryl/α,β-unsaturated/α-hetero) is 1. The fourth-order valence-corrected chi connectivity index (χ4v) is 1.04. The molecule has 1 rings (SSSR count). The van der Waals surface area contributed by atoms with Crippen LogP contribution >= 0.6 is 0 Å². The van der Waals surface area contributed by atoms with E-state index in [1.807, 2.05) is 0 Å². The van der Waals surface area contributed by atoms with Gasteiger partial charge in [0, 0.05) is 0 Å². The Bertz CT molecular complexity index is 345. The fourth-order valence-electron chi connectivity index (χ4n) is 1.04. The fraction of sp³-hybridized carbons (Fsp3) is 0.200. The first-order valence-electron chi connectivity index (χ1n) is 3.88. The molecule has 0 saturated heterocycles. The minimum absolute atomic E-state index is 0.00731. The van der Waals surface area contributed by atoms with Crippen LogP contribution in [0.2, 0.25) is 0 Å². The third kappa shape index (κ3) is 2.21. The van der Waals surface area contributed by atoms with Crippen LogP contribution in [-0.2, 0) is 4.79 Å². The SMILES string of the molecule is Cc1ccc(F)c(C(=O)CC=O)c1. The molecule has 0 heterocycles. The Hall–Kier alpha value is -1.51. The predicted molar refractivity (Wildman–Crippen MR) is 46.1 cm³/mol. The first kappa shape index (κ1) is 9.58. The van der Waals surface area contributed by atoms with Crippen LogP contribution in [-0.4, -0.2) is 12.1 Å². The quantitative estimate of drug-likeness (QED) is 0.404. The molecule has 13 heavy (non-hydrogen) atoms. The largest absolute Gasteiger partial charge is 0.303 e. The van der Waals surface area contributed by atoms with Gasteiger partial charge in [-0.1, -0.05) is 11.6 Å². The summed E-state index contributed by atoms with van der Waals surface area (Å²) in [6.45, 7) is 1.76. The van der Waals surface area contributed by atoms with E-state index < -0.39 is 11.6 Å². The number of hydrogen-bond acceptors (Lipinski definition) is 2. The monoisotopic (exact) mass is 180 g/mol. The molecule has 1 aromatic rings. The van der Waals surface area contributed by atoms with E-state index in [0.717, 1.165) is 5.56 Å². The molecule has 0 atom stereocenters. The molecule has 0 bridgehead atoms. The van der Waals surface area contributed by atoms with Crippen molar-refractivity contribution in [1.82, 2.24) is 0 Å². The molecule has 0 aliphatic rings. The molecule has 0 radical (unpaired) electrons. The van der Waals surface area contributed by atoms with Gasteiger partial charge in [-0.05, 0) is 19.1 Å². The Kier molecular flexibility index (Phi) is 2.90. The van der Waals surface area contributed by atoms with E-state index in [2.05, 4.69) is 0 Å². The zero-order valence-corrected chi connectivity index (χ0v) is 7.21. The molecule has 0 saturated carbocycles. The summed E-state index contributed by atoms with van der Waals surface area (Å²) in [5.41, 5.74) is 0.794.